The number of nitrogens with one attached hydrogen (secondary N) is 1. The lowest BCUT2D eigenvalue weighted by Gasteiger charge is -2.06. The Hall–Kier alpha value is -2.41. The minimum atomic E-state index is -0.229. The zero-order chi connectivity index (χ0) is 15.7. The number of thiazole rings is 1. The van der Waals surface area contributed by atoms with E-state index in [-0.39, 0.29) is 5.91 Å². The highest BCUT2D eigenvalue weighted by Crippen LogP contribution is 2.23. The number of hydrogen-bond donors (Lipinski definition) is 1. The van der Waals surface area contributed by atoms with Crippen molar-refractivity contribution in [2.75, 3.05) is 11.9 Å². The number of nitrogens with zero attached hydrogens (tertiary/aromatic N) is 3. The number of carbonyl (C=O) groups excluding carboxylic acids is 1. The Morgan fingerprint density at radius 1 is 1.41 bits per heavy atom. The maximum Gasteiger partial charge on any atom is 0.276 e. The highest BCUT2D eigenvalue weighted by atomic mass is 32.1. The van der Waals surface area contributed by atoms with E-state index in [4.69, 9.17) is 4.74 Å². The molecule has 0 unspecified atom stereocenters. The molecular formula is C15H16N4O2S. The molecule has 3 rings (SSSR count). The van der Waals surface area contributed by atoms with Crippen molar-refractivity contribution in [3.05, 3.63) is 40.8 Å². The summed E-state index contributed by atoms with van der Waals surface area (Å²) in [7, 11) is 0. The molecule has 0 atom stereocenters. The largest absolute Gasteiger partial charge is 0.490 e. The van der Waals surface area contributed by atoms with Crippen LogP contribution in [0.3, 0.4) is 0 Å². The summed E-state index contributed by atoms with van der Waals surface area (Å²) in [5, 5.41) is 5.29. The number of hydrogen-bond acceptors (Lipinski definition) is 5. The normalized spacial score (nSPS) is 10.9. The summed E-state index contributed by atoms with van der Waals surface area (Å²) in [5.74, 6) is 0.435. The molecule has 0 bridgehead atoms. The van der Waals surface area contributed by atoms with E-state index in [1.54, 1.807) is 10.6 Å². The quantitative estimate of drug-likeness (QED) is 0.803. The van der Waals surface area contributed by atoms with E-state index < -0.39 is 0 Å². The number of fused-ring (bicyclic) bond motifs is 1. The Kier molecular flexibility index (Phi) is 3.81. The van der Waals surface area contributed by atoms with Gasteiger partial charge in [-0.3, -0.25) is 14.5 Å². The number of carbonyl (C=O) groups is 1. The highest BCUT2D eigenvalue weighted by molar-refractivity contribution is 7.13. The third-order valence-corrected chi connectivity index (χ3v) is 4.02. The van der Waals surface area contributed by atoms with Crippen LogP contribution in [-0.2, 0) is 0 Å². The van der Waals surface area contributed by atoms with Crippen molar-refractivity contribution < 1.29 is 9.53 Å². The molecule has 0 aliphatic carbocycles. The molecule has 0 spiro atoms. The molecule has 6 nitrogen and oxygen atoms in total. The monoisotopic (exact) mass is 316 g/mol. The van der Waals surface area contributed by atoms with Gasteiger partial charge in [0, 0.05) is 11.6 Å². The number of anilines is 1. The van der Waals surface area contributed by atoms with Gasteiger partial charge in [0.1, 0.15) is 5.69 Å². The van der Waals surface area contributed by atoms with Gasteiger partial charge in [-0.05, 0) is 32.9 Å². The van der Waals surface area contributed by atoms with Crippen LogP contribution in [0.25, 0.3) is 5.65 Å². The van der Waals surface area contributed by atoms with Gasteiger partial charge >= 0.3 is 0 Å². The van der Waals surface area contributed by atoms with Crippen molar-refractivity contribution in [3.63, 3.8) is 0 Å². The smallest absolute Gasteiger partial charge is 0.276 e. The van der Waals surface area contributed by atoms with Crippen molar-refractivity contribution in [1.29, 1.82) is 0 Å². The van der Waals surface area contributed by atoms with Gasteiger partial charge in [-0.25, -0.2) is 9.97 Å². The lowest BCUT2D eigenvalue weighted by Crippen LogP contribution is -2.15. The number of aryl methyl sites for hydroxylation is 2. The van der Waals surface area contributed by atoms with Gasteiger partial charge in [-0.1, -0.05) is 0 Å². The van der Waals surface area contributed by atoms with Gasteiger partial charge in [0.25, 0.3) is 5.91 Å². The maximum absolute atomic E-state index is 12.5. The molecule has 0 aromatic carbocycles. The fourth-order valence-corrected chi connectivity index (χ4v) is 2.95. The molecule has 0 aliphatic rings. The first-order valence-corrected chi connectivity index (χ1v) is 7.82. The van der Waals surface area contributed by atoms with Crippen LogP contribution in [0.1, 0.15) is 28.8 Å². The van der Waals surface area contributed by atoms with E-state index in [9.17, 15) is 4.79 Å². The van der Waals surface area contributed by atoms with Crippen LogP contribution >= 0.6 is 11.3 Å². The van der Waals surface area contributed by atoms with E-state index in [1.165, 1.54) is 11.3 Å². The molecule has 0 saturated carbocycles. The third kappa shape index (κ3) is 2.55. The number of imidazole rings is 1. The lowest BCUT2D eigenvalue weighted by molar-refractivity contribution is 0.102. The third-order valence-electron chi connectivity index (χ3n) is 3.14. The van der Waals surface area contributed by atoms with Gasteiger partial charge in [-0.2, -0.15) is 0 Å². The van der Waals surface area contributed by atoms with Crippen LogP contribution in [-0.4, -0.2) is 26.9 Å². The Morgan fingerprint density at radius 3 is 2.91 bits per heavy atom. The second kappa shape index (κ2) is 5.76. The molecule has 3 aromatic heterocycles. The first-order valence-electron chi connectivity index (χ1n) is 6.94. The van der Waals surface area contributed by atoms with Gasteiger partial charge in [0.2, 0.25) is 0 Å². The second-order valence-electron chi connectivity index (χ2n) is 4.79. The zero-order valence-corrected chi connectivity index (χ0v) is 13.4. The minimum absolute atomic E-state index is 0.229. The van der Waals surface area contributed by atoms with E-state index in [0.29, 0.717) is 34.5 Å². The molecule has 22 heavy (non-hydrogen) atoms. The minimum Gasteiger partial charge on any atom is -0.490 e. The number of ether oxygens (including phenoxy) is 1. The predicted octanol–water partition coefficient (Wildman–Crippen LogP) is 3.06. The maximum atomic E-state index is 12.5. The number of pyridine rings is 1. The van der Waals surface area contributed by atoms with Gasteiger partial charge < -0.3 is 4.74 Å². The summed E-state index contributed by atoms with van der Waals surface area (Å²) < 4.78 is 7.31. The highest BCUT2D eigenvalue weighted by Gasteiger charge is 2.19. The van der Waals surface area contributed by atoms with E-state index >= 15 is 0 Å². The van der Waals surface area contributed by atoms with Gasteiger partial charge in [0.15, 0.2) is 16.5 Å². The van der Waals surface area contributed by atoms with Crippen LogP contribution in [0.5, 0.6) is 5.75 Å². The molecule has 0 fully saturated rings. The summed E-state index contributed by atoms with van der Waals surface area (Å²) in [5.41, 5.74) is 2.67. The molecule has 0 radical (unpaired) electrons. The number of amides is 1. The van der Waals surface area contributed by atoms with E-state index in [1.807, 2.05) is 38.3 Å². The average Bonchev–Trinajstić information content (AvgIpc) is 3.02. The molecule has 0 aliphatic heterocycles. The van der Waals surface area contributed by atoms with Crippen LogP contribution < -0.4 is 10.1 Å². The zero-order valence-electron chi connectivity index (χ0n) is 12.6. The average molecular weight is 316 g/mol. The molecule has 3 heterocycles. The van der Waals surface area contributed by atoms with E-state index in [0.717, 1.165) is 5.69 Å². The molecule has 1 amide bonds. The summed E-state index contributed by atoms with van der Waals surface area (Å²) in [4.78, 5) is 21.3. The molecular weight excluding hydrogens is 300 g/mol. The van der Waals surface area contributed by atoms with Crippen LogP contribution in [0.15, 0.2) is 23.7 Å². The van der Waals surface area contributed by atoms with E-state index in [2.05, 4.69) is 15.3 Å². The molecule has 3 aromatic rings. The second-order valence-corrected chi connectivity index (χ2v) is 5.65. The molecule has 7 heteroatoms. The number of aromatic nitrogens is 3. The fourth-order valence-electron chi connectivity index (χ4n) is 2.27. The Bertz CT molecular complexity index is 837. The lowest BCUT2D eigenvalue weighted by atomic mass is 10.3. The van der Waals surface area contributed by atoms with Crippen molar-refractivity contribution in [1.82, 2.24) is 14.4 Å². The SMILES string of the molecule is CCOc1cccn2c(C(=O)Nc3nc(C)cs3)c(C)nc12. The standard InChI is InChI=1S/C15H16N4O2S/c1-4-21-11-6-5-7-19-12(10(3)17-13(11)19)14(20)18-15-16-9(2)8-22-15/h5-8H,4H2,1-3H3,(H,16,18,20). The van der Waals surface area contributed by atoms with Gasteiger partial charge in [-0.15, -0.1) is 11.3 Å². The van der Waals surface area contributed by atoms with Crippen molar-refractivity contribution in [3.8, 4) is 5.75 Å². The topological polar surface area (TPSA) is 68.5 Å². The Balaban J connectivity index is 2.01. The molecule has 1 N–H and O–H groups in total. The Morgan fingerprint density at radius 2 is 2.23 bits per heavy atom. The fraction of sp³-hybridized carbons (Fsp3) is 0.267. The Labute approximate surface area is 131 Å². The van der Waals surface area contributed by atoms with Crippen molar-refractivity contribution in [2.45, 2.75) is 20.8 Å². The first kappa shape index (κ1) is 14.5. The van der Waals surface area contributed by atoms with Gasteiger partial charge in [0.05, 0.1) is 18.0 Å². The summed E-state index contributed by atoms with van der Waals surface area (Å²) in [6.07, 6.45) is 1.81. The first-order chi connectivity index (χ1) is 10.6. The van der Waals surface area contributed by atoms with Crippen molar-refractivity contribution >= 4 is 28.0 Å². The van der Waals surface area contributed by atoms with Crippen LogP contribution in [0.4, 0.5) is 5.13 Å². The van der Waals surface area contributed by atoms with Crippen LogP contribution in [0.2, 0.25) is 0 Å². The van der Waals surface area contributed by atoms with Crippen LogP contribution in [0, 0.1) is 13.8 Å². The predicted molar refractivity (Wildman–Crippen MR) is 85.9 cm³/mol. The summed E-state index contributed by atoms with van der Waals surface area (Å²) in [6, 6.07) is 3.68. The van der Waals surface area contributed by atoms with Crippen molar-refractivity contribution in [2.24, 2.45) is 0 Å². The summed E-state index contributed by atoms with van der Waals surface area (Å²) >= 11 is 1.40. The molecule has 0 saturated heterocycles. The summed E-state index contributed by atoms with van der Waals surface area (Å²) in [6.45, 7) is 6.16. The molecule has 114 valence electrons. The number of rotatable bonds is 4.